The Morgan fingerprint density at radius 2 is 1.94 bits per heavy atom. The summed E-state index contributed by atoms with van der Waals surface area (Å²) in [5, 5.41) is 18.1. The minimum Gasteiger partial charge on any atom is -0.383 e. The zero-order valence-corrected chi connectivity index (χ0v) is 11.8. The van der Waals surface area contributed by atoms with Crippen LogP contribution in [0.1, 0.15) is 53.3 Å². The molecule has 1 rings (SSSR count). The van der Waals surface area contributed by atoms with Crippen LogP contribution in [0.5, 0.6) is 0 Å². The van der Waals surface area contributed by atoms with Crippen LogP contribution >= 0.6 is 0 Å². The van der Waals surface area contributed by atoms with Gasteiger partial charge in [-0.25, -0.2) is 0 Å². The van der Waals surface area contributed by atoms with Gasteiger partial charge in [-0.3, -0.25) is 4.68 Å². The molecule has 1 unspecified atom stereocenters. The fourth-order valence-electron chi connectivity index (χ4n) is 1.68. The summed E-state index contributed by atoms with van der Waals surface area (Å²) in [6.45, 7) is 12.7. The van der Waals surface area contributed by atoms with E-state index in [0.29, 0.717) is 6.54 Å². The summed E-state index contributed by atoms with van der Waals surface area (Å²) in [6.07, 6.45) is 1.74. The Morgan fingerprint density at radius 3 is 2.41 bits per heavy atom. The normalized spacial score (nSPS) is 16.2. The molecule has 4 heteroatoms. The molecule has 0 amide bonds. The highest BCUT2D eigenvalue weighted by Crippen LogP contribution is 2.22. The van der Waals surface area contributed by atoms with Crippen molar-refractivity contribution in [3.05, 3.63) is 18.0 Å². The van der Waals surface area contributed by atoms with E-state index in [-0.39, 0.29) is 11.6 Å². The van der Waals surface area contributed by atoms with Crippen molar-refractivity contribution in [3.8, 4) is 0 Å². The number of β-amino-alcohol motifs (C(OH)–C–C–N with tert-alkyl or cyclic N) is 1. The molecule has 0 radical (unpaired) electrons. The van der Waals surface area contributed by atoms with Crippen molar-refractivity contribution in [1.29, 1.82) is 0 Å². The molecule has 0 aromatic carbocycles. The van der Waals surface area contributed by atoms with E-state index < -0.39 is 5.60 Å². The fraction of sp³-hybridized carbons (Fsp3) is 0.769. The van der Waals surface area contributed by atoms with Gasteiger partial charge >= 0.3 is 0 Å². The first-order valence-corrected chi connectivity index (χ1v) is 6.15. The van der Waals surface area contributed by atoms with Gasteiger partial charge in [0.2, 0.25) is 0 Å². The quantitative estimate of drug-likeness (QED) is 0.845. The smallest absolute Gasteiger partial charge is 0.116 e. The Morgan fingerprint density at radius 1 is 1.35 bits per heavy atom. The minimum absolute atomic E-state index is 0.00727. The third-order valence-corrected chi connectivity index (χ3v) is 2.67. The van der Waals surface area contributed by atoms with Crippen molar-refractivity contribution in [2.75, 3.05) is 6.54 Å². The van der Waals surface area contributed by atoms with E-state index in [4.69, 9.17) is 0 Å². The Balaban J connectivity index is 2.85. The van der Waals surface area contributed by atoms with Crippen molar-refractivity contribution in [2.24, 2.45) is 0 Å². The molecule has 4 nitrogen and oxygen atoms in total. The van der Waals surface area contributed by atoms with Crippen LogP contribution in [0.15, 0.2) is 12.3 Å². The Bertz CT molecular complexity index is 361. The van der Waals surface area contributed by atoms with Crippen molar-refractivity contribution in [1.82, 2.24) is 15.1 Å². The highest BCUT2D eigenvalue weighted by molar-refractivity contribution is 5.12. The standard InChI is InChI=1S/C13H25N3O/c1-10(2)16-11(7-8-15-16)13(6,17)9-14-12(3,4)5/h7-8,10,14,17H,9H2,1-6H3. The van der Waals surface area contributed by atoms with E-state index in [1.807, 2.05) is 17.7 Å². The summed E-state index contributed by atoms with van der Waals surface area (Å²) in [5.41, 5.74) is -0.0648. The number of aliphatic hydroxyl groups is 1. The molecule has 0 aliphatic rings. The highest BCUT2D eigenvalue weighted by Gasteiger charge is 2.29. The zero-order chi connectivity index (χ0) is 13.3. The number of aromatic nitrogens is 2. The maximum Gasteiger partial charge on any atom is 0.116 e. The van der Waals surface area contributed by atoms with E-state index in [9.17, 15) is 5.11 Å². The van der Waals surface area contributed by atoms with Gasteiger partial charge in [0, 0.05) is 24.3 Å². The molecule has 17 heavy (non-hydrogen) atoms. The largest absolute Gasteiger partial charge is 0.383 e. The van der Waals surface area contributed by atoms with E-state index >= 15 is 0 Å². The molecule has 1 aromatic heterocycles. The number of nitrogens with zero attached hydrogens (tertiary/aromatic N) is 2. The molecule has 2 N–H and O–H groups in total. The van der Waals surface area contributed by atoms with Crippen LogP contribution in [0, 0.1) is 0 Å². The second-order valence-electron chi connectivity index (χ2n) is 6.13. The van der Waals surface area contributed by atoms with Crippen molar-refractivity contribution < 1.29 is 5.11 Å². The van der Waals surface area contributed by atoms with E-state index in [0.717, 1.165) is 5.69 Å². The van der Waals surface area contributed by atoms with Crippen molar-refractivity contribution in [3.63, 3.8) is 0 Å². The third kappa shape index (κ3) is 3.82. The van der Waals surface area contributed by atoms with Gasteiger partial charge in [-0.2, -0.15) is 5.10 Å². The lowest BCUT2D eigenvalue weighted by Gasteiger charge is -2.30. The first-order valence-electron chi connectivity index (χ1n) is 6.15. The average molecular weight is 239 g/mol. The molecule has 1 atom stereocenters. The maximum absolute atomic E-state index is 10.5. The van der Waals surface area contributed by atoms with Crippen molar-refractivity contribution >= 4 is 0 Å². The van der Waals surface area contributed by atoms with Crippen molar-refractivity contribution in [2.45, 2.75) is 58.7 Å². The summed E-state index contributed by atoms with van der Waals surface area (Å²) in [4.78, 5) is 0. The molecule has 0 spiro atoms. The third-order valence-electron chi connectivity index (χ3n) is 2.67. The van der Waals surface area contributed by atoms with Crippen LogP contribution in [-0.4, -0.2) is 27.0 Å². The number of hydrogen-bond donors (Lipinski definition) is 2. The van der Waals surface area contributed by atoms with Gasteiger partial charge < -0.3 is 10.4 Å². The van der Waals surface area contributed by atoms with E-state index in [1.54, 1.807) is 6.20 Å². The van der Waals surface area contributed by atoms with Crippen LogP contribution in [-0.2, 0) is 5.60 Å². The van der Waals surface area contributed by atoms with Crippen LogP contribution in [0.25, 0.3) is 0 Å². The lowest BCUT2D eigenvalue weighted by Crippen LogP contribution is -2.45. The SMILES string of the molecule is CC(C)n1nccc1C(C)(O)CNC(C)(C)C. The number of hydrogen-bond acceptors (Lipinski definition) is 3. The Labute approximate surface area is 104 Å². The van der Waals surface area contributed by atoms with Crippen LogP contribution in [0.4, 0.5) is 0 Å². The summed E-state index contributed by atoms with van der Waals surface area (Å²) in [7, 11) is 0. The summed E-state index contributed by atoms with van der Waals surface area (Å²) < 4.78 is 1.87. The topological polar surface area (TPSA) is 50.1 Å². The van der Waals surface area contributed by atoms with Gasteiger partial charge in [0.15, 0.2) is 0 Å². The molecule has 0 bridgehead atoms. The fourth-order valence-corrected chi connectivity index (χ4v) is 1.68. The molecule has 98 valence electrons. The Hall–Kier alpha value is -0.870. The number of rotatable bonds is 4. The second kappa shape index (κ2) is 4.78. The molecular formula is C13H25N3O. The lowest BCUT2D eigenvalue weighted by molar-refractivity contribution is 0.0399. The molecule has 1 aromatic rings. The molecule has 1 heterocycles. The monoisotopic (exact) mass is 239 g/mol. The van der Waals surface area contributed by atoms with E-state index in [2.05, 4.69) is 45.0 Å². The average Bonchev–Trinajstić information content (AvgIpc) is 2.62. The zero-order valence-electron chi connectivity index (χ0n) is 11.8. The lowest BCUT2D eigenvalue weighted by atomic mass is 9.99. The van der Waals surface area contributed by atoms with E-state index in [1.165, 1.54) is 0 Å². The van der Waals surface area contributed by atoms with Gasteiger partial charge in [-0.1, -0.05) is 0 Å². The molecule has 0 fully saturated rings. The maximum atomic E-state index is 10.5. The predicted octanol–water partition coefficient (Wildman–Crippen LogP) is 2.06. The second-order valence-corrected chi connectivity index (χ2v) is 6.13. The summed E-state index contributed by atoms with van der Waals surface area (Å²) in [5.74, 6) is 0. The van der Waals surface area contributed by atoms with Gasteiger partial charge in [-0.15, -0.1) is 0 Å². The van der Waals surface area contributed by atoms with Crippen LogP contribution < -0.4 is 5.32 Å². The molecule has 0 saturated heterocycles. The van der Waals surface area contributed by atoms with Gasteiger partial charge in [0.25, 0.3) is 0 Å². The molecule has 0 aliphatic heterocycles. The molecule has 0 saturated carbocycles. The first-order chi connectivity index (χ1) is 7.63. The first kappa shape index (κ1) is 14.2. The van der Waals surface area contributed by atoms with Crippen LogP contribution in [0.2, 0.25) is 0 Å². The predicted molar refractivity (Wildman–Crippen MR) is 69.9 cm³/mol. The van der Waals surface area contributed by atoms with Crippen LogP contribution in [0.3, 0.4) is 0 Å². The molecular weight excluding hydrogens is 214 g/mol. The molecule has 0 aliphatic carbocycles. The highest BCUT2D eigenvalue weighted by atomic mass is 16.3. The minimum atomic E-state index is -0.909. The summed E-state index contributed by atoms with van der Waals surface area (Å²) in [6, 6.07) is 2.13. The van der Waals surface area contributed by atoms with Gasteiger partial charge in [0.05, 0.1) is 5.69 Å². The summed E-state index contributed by atoms with van der Waals surface area (Å²) >= 11 is 0. The van der Waals surface area contributed by atoms with Gasteiger partial charge in [-0.05, 0) is 47.6 Å². The van der Waals surface area contributed by atoms with Gasteiger partial charge in [0.1, 0.15) is 5.60 Å². The number of nitrogens with one attached hydrogen (secondary N) is 1. The Kier molecular flexibility index (Phi) is 3.99.